The number of benzene rings is 1. The lowest BCUT2D eigenvalue weighted by atomic mass is 9.96. The molecule has 1 unspecified atom stereocenters. The highest BCUT2D eigenvalue weighted by Gasteiger charge is 2.29. The number of ether oxygens (including phenoxy) is 2. The molecule has 1 fully saturated rings. The number of carbonyl (C=O) groups excluding carboxylic acids is 1. The highest BCUT2D eigenvalue weighted by Crippen LogP contribution is 2.31. The molecule has 0 saturated heterocycles. The lowest BCUT2D eigenvalue weighted by molar-refractivity contribution is -0.115. The van der Waals surface area contributed by atoms with Crippen molar-refractivity contribution < 1.29 is 22.7 Å². The van der Waals surface area contributed by atoms with Gasteiger partial charge in [-0.2, -0.15) is 4.31 Å². The van der Waals surface area contributed by atoms with Gasteiger partial charge in [-0.25, -0.2) is 13.4 Å². The zero-order valence-corrected chi connectivity index (χ0v) is 21.0. The van der Waals surface area contributed by atoms with Gasteiger partial charge in [0.25, 0.3) is 0 Å². The molecular formula is C23H31N3O5S2. The number of carbonyl (C=O) groups is 1. The van der Waals surface area contributed by atoms with Crippen molar-refractivity contribution in [2.24, 2.45) is 0 Å². The Morgan fingerprint density at radius 2 is 1.82 bits per heavy atom. The summed E-state index contributed by atoms with van der Waals surface area (Å²) in [6, 6.07) is 8.39. The Morgan fingerprint density at radius 3 is 2.42 bits per heavy atom. The van der Waals surface area contributed by atoms with E-state index in [4.69, 9.17) is 9.47 Å². The van der Waals surface area contributed by atoms with E-state index < -0.39 is 15.3 Å². The molecule has 1 N–H and O–H groups in total. The van der Waals surface area contributed by atoms with Crippen molar-refractivity contribution in [3.63, 3.8) is 0 Å². The quantitative estimate of drug-likeness (QED) is 0.524. The third kappa shape index (κ3) is 6.18. The Bertz CT molecular complexity index is 1050. The molecule has 1 saturated carbocycles. The summed E-state index contributed by atoms with van der Waals surface area (Å²) in [6.07, 6.45) is 6.43. The van der Waals surface area contributed by atoms with Crippen LogP contribution in [0.15, 0.2) is 46.5 Å². The molecule has 0 spiro atoms. The van der Waals surface area contributed by atoms with E-state index in [0.717, 1.165) is 32.1 Å². The SMILES string of the molecule is COc1ccc(NC(=O)C(C)Sc2ccc(S(=O)(=O)N(C)C3CCCCC3)cn2)cc1OC. The Morgan fingerprint density at radius 1 is 1.12 bits per heavy atom. The van der Waals surface area contributed by atoms with Crippen LogP contribution in [0, 0.1) is 0 Å². The number of anilines is 1. The number of hydrogen-bond acceptors (Lipinski definition) is 7. The number of methoxy groups -OCH3 is 2. The molecule has 1 atom stereocenters. The largest absolute Gasteiger partial charge is 0.493 e. The molecule has 1 aromatic carbocycles. The first-order chi connectivity index (χ1) is 15.8. The second kappa shape index (κ2) is 11.2. The molecule has 1 aliphatic carbocycles. The fourth-order valence-electron chi connectivity index (χ4n) is 3.79. The molecule has 2 aromatic rings. The van der Waals surface area contributed by atoms with Gasteiger partial charge in [0.05, 0.1) is 24.5 Å². The van der Waals surface area contributed by atoms with E-state index in [2.05, 4.69) is 10.3 Å². The normalized spacial score (nSPS) is 15.8. The summed E-state index contributed by atoms with van der Waals surface area (Å²) in [5.41, 5.74) is 0.588. The van der Waals surface area contributed by atoms with Gasteiger partial charge in [0.2, 0.25) is 15.9 Å². The van der Waals surface area contributed by atoms with Crippen molar-refractivity contribution in [1.82, 2.24) is 9.29 Å². The number of sulfonamides is 1. The number of thioether (sulfide) groups is 1. The van der Waals surface area contributed by atoms with E-state index in [1.807, 2.05) is 0 Å². The number of nitrogens with one attached hydrogen (secondary N) is 1. The van der Waals surface area contributed by atoms with E-state index in [1.54, 1.807) is 51.4 Å². The number of nitrogens with zero attached hydrogens (tertiary/aromatic N) is 2. The van der Waals surface area contributed by atoms with Crippen molar-refractivity contribution >= 4 is 33.4 Å². The number of rotatable bonds is 9. The average molecular weight is 494 g/mol. The van der Waals surface area contributed by atoms with Crippen LogP contribution in [0.3, 0.4) is 0 Å². The van der Waals surface area contributed by atoms with E-state index >= 15 is 0 Å². The summed E-state index contributed by atoms with van der Waals surface area (Å²) in [5.74, 6) is 0.890. The standard InChI is InChI=1S/C23H31N3O5S2/c1-16(23(27)25-17-10-12-20(30-3)21(14-17)31-4)32-22-13-11-19(15-24-22)33(28,29)26(2)18-8-6-5-7-9-18/h10-16,18H,5-9H2,1-4H3,(H,25,27). The van der Waals surface area contributed by atoms with Crippen molar-refractivity contribution in [2.75, 3.05) is 26.6 Å². The van der Waals surface area contributed by atoms with Crippen LogP contribution in [0.1, 0.15) is 39.0 Å². The van der Waals surface area contributed by atoms with E-state index in [-0.39, 0.29) is 16.8 Å². The zero-order valence-electron chi connectivity index (χ0n) is 19.4. The highest BCUT2D eigenvalue weighted by molar-refractivity contribution is 8.00. The maximum Gasteiger partial charge on any atom is 0.244 e. The summed E-state index contributed by atoms with van der Waals surface area (Å²) in [4.78, 5) is 17.1. The molecule has 10 heteroatoms. The number of amides is 1. The smallest absolute Gasteiger partial charge is 0.244 e. The van der Waals surface area contributed by atoms with E-state index in [1.165, 1.54) is 29.4 Å². The van der Waals surface area contributed by atoms with Gasteiger partial charge in [-0.05, 0) is 44.0 Å². The molecule has 1 heterocycles. The Balaban J connectivity index is 1.62. The van der Waals surface area contributed by atoms with Gasteiger partial charge in [-0.1, -0.05) is 31.0 Å². The van der Waals surface area contributed by atoms with Gasteiger partial charge in [0, 0.05) is 31.0 Å². The van der Waals surface area contributed by atoms with Crippen LogP contribution in [-0.2, 0) is 14.8 Å². The van der Waals surface area contributed by atoms with Crippen LogP contribution in [0.5, 0.6) is 11.5 Å². The minimum Gasteiger partial charge on any atom is -0.493 e. The summed E-state index contributed by atoms with van der Waals surface area (Å²) in [5, 5.41) is 2.98. The molecule has 0 radical (unpaired) electrons. The molecule has 8 nitrogen and oxygen atoms in total. The van der Waals surface area contributed by atoms with Crippen LogP contribution in [0.2, 0.25) is 0 Å². The predicted molar refractivity (Wildman–Crippen MR) is 130 cm³/mol. The first kappa shape index (κ1) is 25.3. The third-order valence-electron chi connectivity index (χ3n) is 5.79. The minimum absolute atomic E-state index is 0.0399. The minimum atomic E-state index is -3.59. The summed E-state index contributed by atoms with van der Waals surface area (Å²) in [7, 11) is 1.13. The van der Waals surface area contributed by atoms with E-state index in [9.17, 15) is 13.2 Å². The first-order valence-electron chi connectivity index (χ1n) is 10.9. The monoisotopic (exact) mass is 493 g/mol. The van der Waals surface area contributed by atoms with Crippen LogP contribution in [0.4, 0.5) is 5.69 Å². The van der Waals surface area contributed by atoms with Crippen molar-refractivity contribution in [1.29, 1.82) is 0 Å². The molecule has 1 aromatic heterocycles. The zero-order chi connectivity index (χ0) is 24.0. The second-order valence-corrected chi connectivity index (χ2v) is 11.3. The molecule has 180 valence electrons. The summed E-state index contributed by atoms with van der Waals surface area (Å²) in [6.45, 7) is 1.77. The first-order valence-corrected chi connectivity index (χ1v) is 13.2. The second-order valence-electron chi connectivity index (χ2n) is 7.96. The lowest BCUT2D eigenvalue weighted by Gasteiger charge is -2.30. The van der Waals surface area contributed by atoms with Crippen molar-refractivity contribution in [2.45, 2.75) is 60.2 Å². The van der Waals surface area contributed by atoms with Gasteiger partial charge in [0.15, 0.2) is 11.5 Å². The maximum absolute atomic E-state index is 13.0. The number of aromatic nitrogens is 1. The van der Waals surface area contributed by atoms with Crippen LogP contribution >= 0.6 is 11.8 Å². The molecule has 3 rings (SSSR count). The summed E-state index contributed by atoms with van der Waals surface area (Å²) < 4.78 is 37.9. The molecule has 33 heavy (non-hydrogen) atoms. The fourth-order valence-corrected chi connectivity index (χ4v) is 5.94. The number of hydrogen-bond donors (Lipinski definition) is 1. The van der Waals surface area contributed by atoms with E-state index in [0.29, 0.717) is 22.2 Å². The topological polar surface area (TPSA) is 97.8 Å². The third-order valence-corrected chi connectivity index (χ3v) is 8.74. The molecule has 0 bridgehead atoms. The van der Waals surface area contributed by atoms with Crippen molar-refractivity contribution in [3.8, 4) is 11.5 Å². The summed E-state index contributed by atoms with van der Waals surface area (Å²) >= 11 is 1.26. The van der Waals surface area contributed by atoms with Crippen LogP contribution in [0.25, 0.3) is 0 Å². The Hall–Kier alpha value is -2.30. The van der Waals surface area contributed by atoms with Gasteiger partial charge in [-0.3, -0.25) is 4.79 Å². The fraction of sp³-hybridized carbons (Fsp3) is 0.478. The lowest BCUT2D eigenvalue weighted by Crippen LogP contribution is -2.38. The van der Waals surface area contributed by atoms with Crippen LogP contribution in [-0.4, -0.2) is 56.2 Å². The van der Waals surface area contributed by atoms with Gasteiger partial charge < -0.3 is 14.8 Å². The highest BCUT2D eigenvalue weighted by atomic mass is 32.2. The Labute approximate surface area is 200 Å². The van der Waals surface area contributed by atoms with Gasteiger partial charge >= 0.3 is 0 Å². The predicted octanol–water partition coefficient (Wildman–Crippen LogP) is 4.17. The van der Waals surface area contributed by atoms with Crippen LogP contribution < -0.4 is 14.8 Å². The molecule has 1 aliphatic rings. The van der Waals surface area contributed by atoms with Gasteiger partial charge in [0.1, 0.15) is 4.90 Å². The average Bonchev–Trinajstić information content (AvgIpc) is 2.84. The molecular weight excluding hydrogens is 462 g/mol. The van der Waals surface area contributed by atoms with Gasteiger partial charge in [-0.15, -0.1) is 0 Å². The molecule has 0 aliphatic heterocycles. The maximum atomic E-state index is 13.0. The number of pyridine rings is 1. The molecule has 1 amide bonds. The Kier molecular flexibility index (Phi) is 8.61. The van der Waals surface area contributed by atoms with Crippen molar-refractivity contribution in [3.05, 3.63) is 36.5 Å².